The summed E-state index contributed by atoms with van der Waals surface area (Å²) in [6, 6.07) is 10.0. The van der Waals surface area contributed by atoms with Gasteiger partial charge in [-0.2, -0.15) is 0 Å². The van der Waals surface area contributed by atoms with Gasteiger partial charge in [0.2, 0.25) is 5.91 Å². The number of anilines is 1. The van der Waals surface area contributed by atoms with Crippen LogP contribution < -0.4 is 10.5 Å². The second kappa shape index (κ2) is 9.77. The van der Waals surface area contributed by atoms with E-state index in [0.717, 1.165) is 25.1 Å². The van der Waals surface area contributed by atoms with E-state index in [2.05, 4.69) is 22.2 Å². The number of fused-ring (bicyclic) bond motifs is 2. The quantitative estimate of drug-likeness (QED) is 0.691. The highest BCUT2D eigenvalue weighted by Gasteiger charge is 2.24. The molecule has 3 aliphatic rings. The number of hydrogen-bond donors (Lipinski definition) is 2. The molecule has 3 N–H and O–H groups in total. The maximum Gasteiger partial charge on any atom is 0.221 e. The zero-order valence-corrected chi connectivity index (χ0v) is 19.9. The van der Waals surface area contributed by atoms with Gasteiger partial charge < -0.3 is 5.32 Å². The van der Waals surface area contributed by atoms with Gasteiger partial charge in [-0.3, -0.25) is 14.8 Å². The molecule has 1 aliphatic heterocycles. The Labute approximate surface area is 192 Å². The third-order valence-electron chi connectivity index (χ3n) is 6.70. The first-order valence-electron chi connectivity index (χ1n) is 11.7. The normalized spacial score (nSPS) is 18.9. The highest BCUT2D eigenvalue weighted by Crippen LogP contribution is 2.38. The lowest BCUT2D eigenvalue weighted by atomic mass is 9.99. The highest BCUT2D eigenvalue weighted by molar-refractivity contribution is 7.98. The third-order valence-corrected chi connectivity index (χ3v) is 7.77. The summed E-state index contributed by atoms with van der Waals surface area (Å²) in [7, 11) is -2.56. The molecule has 5 nitrogen and oxygen atoms in total. The summed E-state index contributed by atoms with van der Waals surface area (Å²) in [4.78, 5) is 14.4. The molecule has 172 valence electrons. The van der Waals surface area contributed by atoms with Crippen molar-refractivity contribution in [3.05, 3.63) is 58.1 Å². The SMILES string of the molecule is C=S(N)(=O)c1ccc(CN2CCCC2)cc1.CC(=O)Nc1c2c(cc3c1CCC3)CCC2. The molecule has 6 heteroatoms. The van der Waals surface area contributed by atoms with Crippen LogP contribution in [0.25, 0.3) is 0 Å². The lowest BCUT2D eigenvalue weighted by molar-refractivity contribution is -0.114. The number of nitrogens with one attached hydrogen (secondary N) is 1. The molecule has 1 fully saturated rings. The first kappa shape index (κ1) is 23.0. The molecule has 0 saturated carbocycles. The van der Waals surface area contributed by atoms with E-state index >= 15 is 0 Å². The molecular formula is C26H35N3O2S. The van der Waals surface area contributed by atoms with Crippen LogP contribution in [-0.4, -0.2) is 34.0 Å². The van der Waals surface area contributed by atoms with Crippen LogP contribution in [0.15, 0.2) is 35.2 Å². The number of benzene rings is 2. The molecule has 1 amide bonds. The van der Waals surface area contributed by atoms with Crippen LogP contribution in [0.2, 0.25) is 0 Å². The van der Waals surface area contributed by atoms with Crippen LogP contribution in [0.1, 0.15) is 60.4 Å². The van der Waals surface area contributed by atoms with Gasteiger partial charge in [-0.05, 0) is 110 Å². The number of rotatable bonds is 4. The van der Waals surface area contributed by atoms with Gasteiger partial charge in [0.05, 0.1) is 9.71 Å². The molecule has 1 unspecified atom stereocenters. The smallest absolute Gasteiger partial charge is 0.221 e. The monoisotopic (exact) mass is 453 g/mol. The summed E-state index contributed by atoms with van der Waals surface area (Å²) in [5.74, 6) is 3.53. The van der Waals surface area contributed by atoms with Crippen molar-refractivity contribution < 1.29 is 9.00 Å². The van der Waals surface area contributed by atoms with Crippen LogP contribution >= 0.6 is 0 Å². The molecule has 2 aromatic carbocycles. The standard InChI is InChI=1S/C14H17NO.C12H18N2OS/c1-9(16)15-14-12-6-2-4-10(12)8-11-5-3-7-13(11)14;1-16(13,15)12-6-4-11(5-7-12)10-14-8-2-3-9-14/h8H,2-7H2,1H3,(H,15,16);4-7H,1-3,8-10H2,(H2,13,15). The van der Waals surface area contributed by atoms with Crippen molar-refractivity contribution in [3.63, 3.8) is 0 Å². The first-order chi connectivity index (χ1) is 15.3. The lowest BCUT2D eigenvalue weighted by Gasteiger charge is -2.14. The van der Waals surface area contributed by atoms with E-state index in [1.54, 1.807) is 6.92 Å². The maximum atomic E-state index is 11.5. The van der Waals surface area contributed by atoms with Gasteiger partial charge in [-0.15, -0.1) is 0 Å². The molecule has 32 heavy (non-hydrogen) atoms. The number of hydrogen-bond acceptors (Lipinski definition) is 3. The number of carbonyl (C=O) groups excluding carboxylic acids is 1. The summed E-state index contributed by atoms with van der Waals surface area (Å²) in [6.07, 6.45) is 9.73. The van der Waals surface area contributed by atoms with Crippen LogP contribution in [-0.2, 0) is 46.7 Å². The van der Waals surface area contributed by atoms with Gasteiger partial charge in [0.1, 0.15) is 0 Å². The largest absolute Gasteiger partial charge is 0.326 e. The number of aryl methyl sites for hydroxylation is 2. The Kier molecular flexibility index (Phi) is 7.03. The van der Waals surface area contributed by atoms with Crippen LogP contribution in [0, 0.1) is 0 Å². The predicted molar refractivity (Wildman–Crippen MR) is 133 cm³/mol. The fourth-order valence-electron chi connectivity index (χ4n) is 5.17. The molecule has 5 rings (SSSR count). The van der Waals surface area contributed by atoms with Gasteiger partial charge in [-0.25, -0.2) is 4.21 Å². The number of nitrogens with two attached hydrogens (primary N) is 1. The van der Waals surface area contributed by atoms with Crippen molar-refractivity contribution in [2.24, 2.45) is 5.14 Å². The number of likely N-dealkylation sites (tertiary alicyclic amines) is 1. The minimum atomic E-state index is -2.56. The Morgan fingerprint density at radius 1 is 1.00 bits per heavy atom. The zero-order chi connectivity index (χ0) is 22.7. The number of carbonyl (C=O) groups is 1. The van der Waals surface area contributed by atoms with E-state index < -0.39 is 9.71 Å². The van der Waals surface area contributed by atoms with Gasteiger partial charge in [0.25, 0.3) is 0 Å². The maximum absolute atomic E-state index is 11.5. The van der Waals surface area contributed by atoms with Gasteiger partial charge in [0.15, 0.2) is 0 Å². The zero-order valence-electron chi connectivity index (χ0n) is 19.1. The molecule has 0 spiro atoms. The molecule has 1 heterocycles. The third kappa shape index (κ3) is 5.42. The van der Waals surface area contributed by atoms with E-state index in [9.17, 15) is 9.00 Å². The lowest BCUT2D eigenvalue weighted by Crippen LogP contribution is -2.18. The molecule has 0 radical (unpaired) electrons. The summed E-state index contributed by atoms with van der Waals surface area (Å²) >= 11 is 0. The summed E-state index contributed by atoms with van der Waals surface area (Å²) in [5, 5.41) is 8.54. The number of nitrogens with zero attached hydrogens (tertiary/aromatic N) is 1. The molecule has 0 bridgehead atoms. The Hall–Kier alpha value is -2.15. The second-order valence-corrected chi connectivity index (χ2v) is 11.2. The van der Waals surface area contributed by atoms with E-state index in [1.165, 1.54) is 79.4 Å². The fourth-order valence-corrected chi connectivity index (χ4v) is 5.76. The first-order valence-corrected chi connectivity index (χ1v) is 13.5. The van der Waals surface area contributed by atoms with Crippen molar-refractivity contribution in [1.29, 1.82) is 0 Å². The van der Waals surface area contributed by atoms with Crippen molar-refractivity contribution in [2.45, 2.75) is 69.7 Å². The van der Waals surface area contributed by atoms with Crippen molar-refractivity contribution in [2.75, 3.05) is 18.4 Å². The molecule has 1 atom stereocenters. The summed E-state index contributed by atoms with van der Waals surface area (Å²) < 4.78 is 11.5. The topological polar surface area (TPSA) is 75.4 Å². The van der Waals surface area contributed by atoms with Crippen molar-refractivity contribution >= 4 is 27.2 Å². The van der Waals surface area contributed by atoms with Crippen molar-refractivity contribution in [3.8, 4) is 0 Å². The predicted octanol–water partition coefficient (Wildman–Crippen LogP) is 3.85. The van der Waals surface area contributed by atoms with E-state index in [0.29, 0.717) is 4.90 Å². The van der Waals surface area contributed by atoms with Gasteiger partial charge in [0, 0.05) is 24.1 Å². The second-order valence-electron chi connectivity index (χ2n) is 9.27. The minimum absolute atomic E-state index is 0.0643. The average molecular weight is 454 g/mol. The summed E-state index contributed by atoms with van der Waals surface area (Å²) in [5.41, 5.74) is 8.18. The minimum Gasteiger partial charge on any atom is -0.326 e. The molecular weight excluding hydrogens is 418 g/mol. The van der Waals surface area contributed by atoms with Gasteiger partial charge >= 0.3 is 0 Å². The highest BCUT2D eigenvalue weighted by atomic mass is 32.2. The Bertz CT molecular complexity index is 1050. The van der Waals surface area contributed by atoms with E-state index in [-0.39, 0.29) is 5.91 Å². The molecule has 1 saturated heterocycles. The summed E-state index contributed by atoms with van der Waals surface area (Å²) in [6.45, 7) is 4.95. The van der Waals surface area contributed by atoms with E-state index in [4.69, 9.17) is 5.14 Å². The fraction of sp³-hybridized carbons (Fsp3) is 0.462. The van der Waals surface area contributed by atoms with E-state index in [1.807, 2.05) is 24.3 Å². The Morgan fingerprint density at radius 3 is 2.06 bits per heavy atom. The number of amides is 1. The van der Waals surface area contributed by atoms with Crippen LogP contribution in [0.5, 0.6) is 0 Å². The average Bonchev–Trinajstić information content (AvgIpc) is 3.49. The van der Waals surface area contributed by atoms with Gasteiger partial charge in [-0.1, -0.05) is 18.2 Å². The molecule has 2 aliphatic carbocycles. The molecule has 0 aromatic heterocycles. The van der Waals surface area contributed by atoms with Crippen LogP contribution in [0.3, 0.4) is 0 Å². The molecule has 2 aromatic rings. The Balaban J connectivity index is 0.000000153. The Morgan fingerprint density at radius 2 is 1.56 bits per heavy atom. The van der Waals surface area contributed by atoms with Crippen LogP contribution in [0.4, 0.5) is 5.69 Å². The van der Waals surface area contributed by atoms with Crippen molar-refractivity contribution in [1.82, 2.24) is 4.90 Å².